The van der Waals surface area contributed by atoms with Crippen LogP contribution >= 0.6 is 0 Å². The molecule has 8 heteroatoms. The molecular weight excluding hydrogens is 322 g/mol. The van der Waals surface area contributed by atoms with E-state index in [1.165, 1.54) is 6.33 Å². The van der Waals surface area contributed by atoms with E-state index in [0.29, 0.717) is 13.1 Å². The molecule has 3 rings (SSSR count). The van der Waals surface area contributed by atoms with E-state index in [2.05, 4.69) is 15.4 Å². The van der Waals surface area contributed by atoms with E-state index in [1.54, 1.807) is 15.9 Å². The largest absolute Gasteiger partial charge is 0.445 e. The monoisotopic (exact) mass is 343 g/mol. The van der Waals surface area contributed by atoms with E-state index in [9.17, 15) is 9.59 Å². The van der Waals surface area contributed by atoms with Gasteiger partial charge in [-0.3, -0.25) is 4.79 Å². The second-order valence-corrected chi connectivity index (χ2v) is 5.93. The number of amides is 2. The Morgan fingerprint density at radius 2 is 2.12 bits per heavy atom. The molecule has 25 heavy (non-hydrogen) atoms. The first-order valence-electron chi connectivity index (χ1n) is 8.29. The summed E-state index contributed by atoms with van der Waals surface area (Å²) >= 11 is 0. The predicted molar refractivity (Wildman–Crippen MR) is 89.5 cm³/mol. The minimum Gasteiger partial charge on any atom is -0.445 e. The minimum absolute atomic E-state index is 0.0717. The number of nitrogens with one attached hydrogen (secondary N) is 1. The van der Waals surface area contributed by atoms with E-state index in [0.717, 1.165) is 18.4 Å². The maximum Gasteiger partial charge on any atom is 0.407 e. The Morgan fingerprint density at radius 1 is 1.28 bits per heavy atom. The number of hydrogen-bond acceptors (Lipinski definition) is 5. The van der Waals surface area contributed by atoms with Gasteiger partial charge in [-0.2, -0.15) is 5.10 Å². The maximum absolute atomic E-state index is 12.3. The molecule has 0 radical (unpaired) electrons. The average molecular weight is 343 g/mol. The number of rotatable bonds is 5. The number of hydrogen-bond donors (Lipinski definition) is 1. The maximum atomic E-state index is 12.3. The summed E-state index contributed by atoms with van der Waals surface area (Å²) in [5.74, 6) is -0.124. The fourth-order valence-corrected chi connectivity index (χ4v) is 2.84. The molecule has 1 aromatic heterocycles. The zero-order chi connectivity index (χ0) is 17.5. The molecule has 2 heterocycles. The molecule has 1 atom stereocenters. The lowest BCUT2D eigenvalue weighted by Gasteiger charge is -2.32. The highest BCUT2D eigenvalue weighted by Crippen LogP contribution is 2.20. The van der Waals surface area contributed by atoms with Crippen LogP contribution in [0.2, 0.25) is 0 Å². The van der Waals surface area contributed by atoms with Crippen molar-refractivity contribution in [3.05, 3.63) is 48.5 Å². The summed E-state index contributed by atoms with van der Waals surface area (Å²) in [6, 6.07) is 9.52. The van der Waals surface area contributed by atoms with Crippen LogP contribution in [0.15, 0.2) is 43.0 Å². The Morgan fingerprint density at radius 3 is 2.88 bits per heavy atom. The summed E-state index contributed by atoms with van der Waals surface area (Å²) < 4.78 is 6.88. The first-order valence-corrected chi connectivity index (χ1v) is 8.29. The van der Waals surface area contributed by atoms with Gasteiger partial charge in [-0.25, -0.2) is 14.5 Å². The second kappa shape index (κ2) is 8.27. The molecule has 1 saturated heterocycles. The van der Waals surface area contributed by atoms with Crippen molar-refractivity contribution in [3.8, 4) is 0 Å². The van der Waals surface area contributed by atoms with Crippen molar-refractivity contribution < 1.29 is 14.3 Å². The van der Waals surface area contributed by atoms with Gasteiger partial charge in [-0.15, -0.1) is 0 Å². The van der Waals surface area contributed by atoms with Gasteiger partial charge < -0.3 is 15.0 Å². The second-order valence-electron chi connectivity index (χ2n) is 5.93. The van der Waals surface area contributed by atoms with Gasteiger partial charge >= 0.3 is 6.09 Å². The Labute approximate surface area is 145 Å². The van der Waals surface area contributed by atoms with Gasteiger partial charge in [0.05, 0.1) is 6.04 Å². The van der Waals surface area contributed by atoms with Crippen molar-refractivity contribution in [2.24, 2.45) is 0 Å². The van der Waals surface area contributed by atoms with Crippen LogP contribution in [-0.4, -0.2) is 51.3 Å². The summed E-state index contributed by atoms with van der Waals surface area (Å²) in [4.78, 5) is 29.7. The quantitative estimate of drug-likeness (QED) is 0.885. The highest BCUT2D eigenvalue weighted by Gasteiger charge is 2.25. The van der Waals surface area contributed by atoms with Crippen LogP contribution in [0.4, 0.5) is 4.79 Å². The zero-order valence-electron chi connectivity index (χ0n) is 13.9. The van der Waals surface area contributed by atoms with E-state index in [-0.39, 0.29) is 25.1 Å². The molecule has 0 saturated carbocycles. The molecule has 1 N–H and O–H groups in total. The van der Waals surface area contributed by atoms with Crippen molar-refractivity contribution in [3.63, 3.8) is 0 Å². The highest BCUT2D eigenvalue weighted by atomic mass is 16.5. The van der Waals surface area contributed by atoms with Crippen LogP contribution in [0.3, 0.4) is 0 Å². The fourth-order valence-electron chi connectivity index (χ4n) is 2.84. The molecule has 1 aromatic carbocycles. The van der Waals surface area contributed by atoms with Crippen molar-refractivity contribution >= 4 is 12.0 Å². The minimum atomic E-state index is -0.595. The standard InChI is InChI=1S/C17H21N5O3/c23-16(9-19-17(24)25-11-14-5-2-1-3-6-14)21-8-4-7-15(10-21)22-13-18-12-20-22/h1-3,5-6,12-13,15H,4,7-11H2,(H,19,24)/t15-/m0/s1. The van der Waals surface area contributed by atoms with Crippen molar-refractivity contribution in [2.45, 2.75) is 25.5 Å². The lowest BCUT2D eigenvalue weighted by molar-refractivity contribution is -0.131. The molecule has 2 amide bonds. The third-order valence-electron chi connectivity index (χ3n) is 4.16. The molecule has 0 bridgehead atoms. The number of alkyl carbamates (subject to hydrolysis) is 1. The Hall–Kier alpha value is -2.90. The first-order chi connectivity index (χ1) is 12.2. The van der Waals surface area contributed by atoms with E-state index < -0.39 is 6.09 Å². The third-order valence-corrected chi connectivity index (χ3v) is 4.16. The van der Waals surface area contributed by atoms with Crippen molar-refractivity contribution in [2.75, 3.05) is 19.6 Å². The number of carbonyl (C=O) groups is 2. The van der Waals surface area contributed by atoms with Gasteiger partial charge in [0.15, 0.2) is 0 Å². The highest BCUT2D eigenvalue weighted by molar-refractivity contribution is 5.82. The number of aromatic nitrogens is 3. The number of ether oxygens (including phenoxy) is 1. The summed E-state index contributed by atoms with van der Waals surface area (Å²) in [6.07, 6.45) is 4.42. The average Bonchev–Trinajstić information content (AvgIpc) is 3.20. The van der Waals surface area contributed by atoms with Crippen LogP contribution in [-0.2, 0) is 16.1 Å². The predicted octanol–water partition coefficient (Wildman–Crippen LogP) is 1.37. The number of likely N-dealkylation sites (tertiary alicyclic amines) is 1. The van der Waals surface area contributed by atoms with Gasteiger partial charge in [0.2, 0.25) is 5.91 Å². The smallest absolute Gasteiger partial charge is 0.407 e. The topological polar surface area (TPSA) is 89.4 Å². The number of piperidine rings is 1. The molecule has 132 valence electrons. The van der Waals surface area contributed by atoms with Gasteiger partial charge in [0.1, 0.15) is 25.8 Å². The van der Waals surface area contributed by atoms with Gasteiger partial charge in [-0.1, -0.05) is 30.3 Å². The van der Waals surface area contributed by atoms with Gasteiger partial charge in [0.25, 0.3) is 0 Å². The summed E-state index contributed by atoms with van der Waals surface area (Å²) in [5, 5.41) is 6.65. The zero-order valence-corrected chi connectivity index (χ0v) is 13.9. The Balaban J connectivity index is 1.41. The van der Waals surface area contributed by atoms with Crippen LogP contribution in [0.1, 0.15) is 24.4 Å². The van der Waals surface area contributed by atoms with Gasteiger partial charge in [0, 0.05) is 13.1 Å². The lowest BCUT2D eigenvalue weighted by atomic mass is 10.1. The molecule has 0 spiro atoms. The summed E-state index contributed by atoms with van der Waals surface area (Å²) in [6.45, 7) is 1.37. The molecule has 0 aliphatic carbocycles. The number of carbonyl (C=O) groups excluding carboxylic acids is 2. The van der Waals surface area contributed by atoms with Crippen molar-refractivity contribution in [1.29, 1.82) is 0 Å². The molecule has 1 fully saturated rings. The molecular formula is C17H21N5O3. The molecule has 2 aromatic rings. The SMILES string of the molecule is O=C(NCC(=O)N1CCC[C@H](n2cncn2)C1)OCc1ccccc1. The Bertz CT molecular complexity index is 690. The van der Waals surface area contributed by atoms with E-state index in [4.69, 9.17) is 4.74 Å². The third kappa shape index (κ3) is 4.79. The summed E-state index contributed by atoms with van der Waals surface area (Å²) in [7, 11) is 0. The van der Waals surface area contributed by atoms with Crippen molar-refractivity contribution in [1.82, 2.24) is 25.0 Å². The molecule has 1 aliphatic rings. The van der Waals surface area contributed by atoms with Crippen LogP contribution in [0.5, 0.6) is 0 Å². The fraction of sp³-hybridized carbons (Fsp3) is 0.412. The molecule has 0 unspecified atom stereocenters. The van der Waals surface area contributed by atoms with E-state index >= 15 is 0 Å². The molecule has 1 aliphatic heterocycles. The molecule has 8 nitrogen and oxygen atoms in total. The van der Waals surface area contributed by atoms with Gasteiger partial charge in [-0.05, 0) is 18.4 Å². The summed E-state index contributed by atoms with van der Waals surface area (Å²) in [5.41, 5.74) is 0.899. The Kier molecular flexibility index (Phi) is 5.61. The van der Waals surface area contributed by atoms with Crippen LogP contribution < -0.4 is 5.32 Å². The van der Waals surface area contributed by atoms with Crippen LogP contribution in [0.25, 0.3) is 0 Å². The van der Waals surface area contributed by atoms with Crippen LogP contribution in [0, 0.1) is 0 Å². The number of benzene rings is 1. The first kappa shape index (κ1) is 16.9. The number of nitrogens with zero attached hydrogens (tertiary/aromatic N) is 4. The normalized spacial score (nSPS) is 17.1. The van der Waals surface area contributed by atoms with E-state index in [1.807, 2.05) is 30.3 Å². The lowest BCUT2D eigenvalue weighted by Crippen LogP contribution is -2.45.